The molecule has 324 valence electrons. The molecule has 0 fully saturated rings. The van der Waals surface area contributed by atoms with Crippen LogP contribution in [-0.2, 0) is 0 Å². The first-order chi connectivity index (χ1) is 33.6. The Morgan fingerprint density at radius 1 is 0.397 bits per heavy atom. The van der Waals surface area contributed by atoms with Gasteiger partial charge in [-0.15, -0.1) is 0 Å². The summed E-state index contributed by atoms with van der Waals surface area (Å²) in [5.41, 5.74) is 11.4. The summed E-state index contributed by atoms with van der Waals surface area (Å²) in [6, 6.07) is 68.0. The minimum absolute atomic E-state index is 0.0822. The lowest BCUT2D eigenvalue weighted by molar-refractivity contribution is 0.269. The number of nitrogens with zero attached hydrogens (tertiary/aromatic N) is 2. The van der Waals surface area contributed by atoms with E-state index in [2.05, 4.69) is 143 Å². The molecule has 1 aromatic heterocycles. The van der Waals surface area contributed by atoms with Crippen LogP contribution in [0.15, 0.2) is 235 Å². The monoisotopic (exact) mass is 882 g/mol. The largest absolute Gasteiger partial charge is 0.483 e. The van der Waals surface area contributed by atoms with Gasteiger partial charge in [-0.3, -0.25) is 0 Å². The van der Waals surface area contributed by atoms with Gasteiger partial charge >= 0.3 is 0 Å². The summed E-state index contributed by atoms with van der Waals surface area (Å²) in [6.07, 6.45) is 8.26. The zero-order valence-electron chi connectivity index (χ0n) is 36.6. The third-order valence-corrected chi connectivity index (χ3v) is 13.4. The smallest absolute Gasteiger partial charge is 0.159 e. The molecule has 10 aromatic carbocycles. The van der Waals surface area contributed by atoms with Crippen LogP contribution in [0.4, 0.5) is 42.9 Å². The quantitative estimate of drug-likeness (QED) is 0.142. The molecule has 13 rings (SSSR count). The molecule has 0 N–H and O–H groups in total. The lowest BCUT2D eigenvalue weighted by Crippen LogP contribution is -2.16. The number of hydrogen-bond acceptors (Lipinski definition) is 4. The molecule has 1 aliphatic heterocycles. The van der Waals surface area contributed by atoms with E-state index in [-0.39, 0.29) is 23.7 Å². The van der Waals surface area contributed by atoms with Crippen molar-refractivity contribution in [2.24, 2.45) is 0 Å². The van der Waals surface area contributed by atoms with Crippen LogP contribution in [0.25, 0.3) is 65.7 Å². The Morgan fingerprint density at radius 3 is 1.57 bits per heavy atom. The van der Waals surface area contributed by atoms with Gasteiger partial charge in [-0.05, 0) is 129 Å². The topological polar surface area (TPSA) is 28.9 Å². The normalized spacial score (nSPS) is 14.9. The summed E-state index contributed by atoms with van der Waals surface area (Å²) in [4.78, 5) is 4.21. The molecule has 2 atom stereocenters. The van der Waals surface area contributed by atoms with Gasteiger partial charge < -0.3 is 19.0 Å². The molecule has 0 amide bonds. The van der Waals surface area contributed by atoms with Crippen LogP contribution in [0.3, 0.4) is 0 Å². The van der Waals surface area contributed by atoms with Crippen LogP contribution in [0.1, 0.15) is 11.5 Å². The van der Waals surface area contributed by atoms with Crippen molar-refractivity contribution < 1.29 is 17.9 Å². The Morgan fingerprint density at radius 2 is 0.926 bits per heavy atom. The van der Waals surface area contributed by atoms with Crippen molar-refractivity contribution in [3.8, 4) is 28.0 Å². The molecule has 0 bridgehead atoms. The number of hydrogen-bond donors (Lipinski definition) is 0. The van der Waals surface area contributed by atoms with Gasteiger partial charge in [-0.2, -0.15) is 0 Å². The van der Waals surface area contributed by atoms with Gasteiger partial charge in [-0.1, -0.05) is 146 Å². The van der Waals surface area contributed by atoms with Gasteiger partial charge in [0.2, 0.25) is 0 Å². The summed E-state index contributed by atoms with van der Waals surface area (Å²) >= 11 is 0. The van der Waals surface area contributed by atoms with E-state index in [9.17, 15) is 0 Å². The Hall–Kier alpha value is -8.74. The average molecular weight is 883 g/mol. The van der Waals surface area contributed by atoms with E-state index in [0.29, 0.717) is 17.0 Å². The number of benzene rings is 10. The minimum atomic E-state index is -0.338. The fraction of sp³-hybridized carbons (Fsp3) is 0.0323. The van der Waals surface area contributed by atoms with E-state index in [1.165, 1.54) is 12.1 Å². The number of para-hydroxylation sites is 3. The van der Waals surface area contributed by atoms with E-state index in [1.807, 2.05) is 60.7 Å². The molecule has 0 spiro atoms. The first kappa shape index (κ1) is 39.6. The van der Waals surface area contributed by atoms with E-state index < -0.39 is 0 Å². The van der Waals surface area contributed by atoms with Gasteiger partial charge in [0.05, 0.1) is 11.4 Å². The van der Waals surface area contributed by atoms with Gasteiger partial charge in [0.15, 0.2) is 5.58 Å². The highest BCUT2D eigenvalue weighted by Crippen LogP contribution is 2.53. The highest BCUT2D eigenvalue weighted by molar-refractivity contribution is 6.23. The second kappa shape index (κ2) is 16.0. The Labute approximate surface area is 391 Å². The predicted octanol–water partition coefficient (Wildman–Crippen LogP) is 17.4. The molecule has 2 unspecified atom stereocenters. The van der Waals surface area contributed by atoms with Crippen molar-refractivity contribution in [1.29, 1.82) is 0 Å². The van der Waals surface area contributed by atoms with E-state index in [4.69, 9.17) is 9.15 Å². The molecule has 11 aromatic rings. The van der Waals surface area contributed by atoms with Gasteiger partial charge in [0, 0.05) is 45.0 Å². The maximum Gasteiger partial charge on any atom is 0.159 e. The first-order valence-corrected chi connectivity index (χ1v) is 22.9. The maximum absolute atomic E-state index is 15.4. The fourth-order valence-electron chi connectivity index (χ4n) is 10.5. The molecule has 2 heterocycles. The van der Waals surface area contributed by atoms with Gasteiger partial charge in [0.1, 0.15) is 29.1 Å². The Balaban J connectivity index is 1.09. The summed E-state index contributed by atoms with van der Waals surface area (Å²) < 4.78 is 44.1. The van der Waals surface area contributed by atoms with Crippen molar-refractivity contribution in [1.82, 2.24) is 0 Å². The number of rotatable bonds is 8. The summed E-state index contributed by atoms with van der Waals surface area (Å²) in [5.74, 6) is 0.195. The number of ether oxygens (including phenoxy) is 1. The number of anilines is 6. The van der Waals surface area contributed by atoms with Crippen molar-refractivity contribution >= 4 is 77.6 Å². The maximum atomic E-state index is 15.4. The molecule has 0 saturated carbocycles. The first-order valence-electron chi connectivity index (χ1n) is 22.9. The molecule has 68 heavy (non-hydrogen) atoms. The minimum Gasteiger partial charge on any atom is -0.483 e. The standard InChI is InChI=1S/C62H40F2N2O2/c63-41-19-11-21-43(35-41)65(55-27-13-25-51-47-23-7-9-29-57(47)67-61(51)55)45-32-34-50-53(37-45)59(39-15-3-1-4-16-39)49-33-31-46(38-54(49)60(50)40-17-5-2-6-18-40)66(44-22-12-20-42(64)36-44)56-28-14-26-52-48-24-8-10-30-58(48)68-62(52)56/h1-38,47,57H. The highest BCUT2D eigenvalue weighted by Gasteiger charge is 2.35. The van der Waals surface area contributed by atoms with Crippen molar-refractivity contribution in [3.05, 3.63) is 248 Å². The molecular weight excluding hydrogens is 843 g/mol. The SMILES string of the molecule is Fc1cccc(N(c2ccc3c(-c4ccccc4)c4cc(N(c5cccc(F)c5)c5cccc6c5oc5ccccc56)ccc4c(-c4ccccc4)c3c2)c2cccc3c2OC2C=CC=CC32)c1. The molecule has 0 radical (unpaired) electrons. The zero-order valence-corrected chi connectivity index (χ0v) is 36.6. The second-order valence-electron chi connectivity index (χ2n) is 17.4. The van der Waals surface area contributed by atoms with Crippen LogP contribution < -0.4 is 14.5 Å². The van der Waals surface area contributed by atoms with E-state index in [0.717, 1.165) is 94.2 Å². The lowest BCUT2D eigenvalue weighted by atomic mass is 9.85. The Kier molecular flexibility index (Phi) is 9.32. The van der Waals surface area contributed by atoms with Crippen LogP contribution in [-0.4, -0.2) is 6.10 Å². The number of halogens is 2. The van der Waals surface area contributed by atoms with E-state index in [1.54, 1.807) is 24.3 Å². The molecule has 6 heteroatoms. The van der Waals surface area contributed by atoms with Gasteiger partial charge in [-0.25, -0.2) is 8.78 Å². The third kappa shape index (κ3) is 6.48. The second-order valence-corrected chi connectivity index (χ2v) is 17.4. The summed E-state index contributed by atoms with van der Waals surface area (Å²) in [7, 11) is 0. The lowest BCUT2D eigenvalue weighted by Gasteiger charge is -2.29. The van der Waals surface area contributed by atoms with Crippen molar-refractivity contribution in [2.45, 2.75) is 12.0 Å². The van der Waals surface area contributed by atoms with E-state index >= 15 is 8.78 Å². The third-order valence-electron chi connectivity index (χ3n) is 13.4. The number of fused-ring (bicyclic) bond motifs is 8. The summed E-state index contributed by atoms with van der Waals surface area (Å²) in [5, 5.41) is 6.11. The number of allylic oxidation sites excluding steroid dienone is 2. The van der Waals surface area contributed by atoms with Crippen LogP contribution in [0.5, 0.6) is 5.75 Å². The van der Waals surface area contributed by atoms with Gasteiger partial charge in [0.25, 0.3) is 0 Å². The fourth-order valence-corrected chi connectivity index (χ4v) is 10.5. The highest BCUT2D eigenvalue weighted by atomic mass is 19.1. The summed E-state index contributed by atoms with van der Waals surface area (Å²) in [6.45, 7) is 0. The predicted molar refractivity (Wildman–Crippen MR) is 274 cm³/mol. The molecule has 2 aliphatic rings. The molecule has 1 aliphatic carbocycles. The zero-order chi connectivity index (χ0) is 45.3. The van der Waals surface area contributed by atoms with Crippen LogP contribution in [0, 0.1) is 11.6 Å². The van der Waals surface area contributed by atoms with Crippen LogP contribution >= 0.6 is 0 Å². The average Bonchev–Trinajstić information content (AvgIpc) is 3.96. The molecule has 4 nitrogen and oxygen atoms in total. The molecular formula is C62H40F2N2O2. The van der Waals surface area contributed by atoms with Crippen molar-refractivity contribution in [2.75, 3.05) is 9.80 Å². The van der Waals surface area contributed by atoms with Crippen molar-refractivity contribution in [3.63, 3.8) is 0 Å². The molecule has 0 saturated heterocycles. The Bertz CT molecular complexity index is 3840. The number of furan rings is 1. The van der Waals surface area contributed by atoms with Crippen LogP contribution in [0.2, 0.25) is 0 Å².